The first kappa shape index (κ1) is 19.4. The van der Waals surface area contributed by atoms with E-state index in [1.165, 1.54) is 34.0 Å². The second kappa shape index (κ2) is 6.97. The van der Waals surface area contributed by atoms with Gasteiger partial charge in [-0.1, -0.05) is 60.7 Å². The molecule has 0 amide bonds. The van der Waals surface area contributed by atoms with Crippen molar-refractivity contribution in [2.45, 2.75) is 31.7 Å². The summed E-state index contributed by atoms with van der Waals surface area (Å²) < 4.78 is 2.55. The molecule has 0 saturated heterocycles. The number of hydrogen-bond donors (Lipinski definition) is 0. The molecule has 0 radical (unpaired) electrons. The minimum Gasteiger partial charge on any atom is -0.310 e. The zero-order valence-corrected chi connectivity index (χ0v) is 19.4. The number of hydrogen-bond acceptors (Lipinski definition) is 3. The lowest BCUT2D eigenvalue weighted by Crippen LogP contribution is -2.73. The van der Waals surface area contributed by atoms with Crippen LogP contribution in [0.15, 0.2) is 109 Å². The van der Waals surface area contributed by atoms with Gasteiger partial charge in [-0.15, -0.1) is 0 Å². The molecular weight excluding hydrogens is 416 g/mol. The summed E-state index contributed by atoms with van der Waals surface area (Å²) in [6.45, 7) is 4.58. The summed E-state index contributed by atoms with van der Waals surface area (Å²) in [6, 6.07) is 39.7. The molecule has 0 aromatic heterocycles. The Bertz CT molecular complexity index is 1400. The van der Waals surface area contributed by atoms with E-state index in [0.29, 0.717) is 6.04 Å². The third-order valence-corrected chi connectivity index (χ3v) is 7.44. The van der Waals surface area contributed by atoms with Gasteiger partial charge in [0.25, 0.3) is 0 Å². The second-order valence-corrected chi connectivity index (χ2v) is 9.50. The van der Waals surface area contributed by atoms with Crippen LogP contribution in [-0.4, -0.2) is 23.1 Å². The monoisotopic (exact) mass is 443 g/mol. The second-order valence-electron chi connectivity index (χ2n) is 9.50. The summed E-state index contributed by atoms with van der Waals surface area (Å²) in [6.07, 6.45) is 2.34. The van der Waals surface area contributed by atoms with Gasteiger partial charge in [0, 0.05) is 5.69 Å². The fourth-order valence-corrected chi connectivity index (χ4v) is 6.15. The van der Waals surface area contributed by atoms with Crippen LogP contribution in [-0.2, 0) is 5.66 Å². The molecule has 0 fully saturated rings. The lowest BCUT2D eigenvalue weighted by atomic mass is 9.90. The van der Waals surface area contributed by atoms with E-state index in [1.807, 2.05) is 0 Å². The maximum atomic E-state index is 2.55. The van der Waals surface area contributed by atoms with Gasteiger partial charge >= 0.3 is 5.66 Å². The van der Waals surface area contributed by atoms with Gasteiger partial charge in [0.15, 0.2) is 0 Å². The van der Waals surface area contributed by atoms with Gasteiger partial charge in [-0.05, 0) is 62.4 Å². The zero-order valence-electron chi connectivity index (χ0n) is 19.4. The Hall–Kier alpha value is -4.05. The smallest absolute Gasteiger partial charge is 0.310 e. The van der Waals surface area contributed by atoms with Gasteiger partial charge in [0.1, 0.15) is 5.69 Å². The first-order valence-electron chi connectivity index (χ1n) is 12.0. The Balaban J connectivity index is 1.56. The van der Waals surface area contributed by atoms with Crippen LogP contribution in [0.25, 0.3) is 0 Å². The van der Waals surface area contributed by atoms with Crippen LogP contribution in [0.5, 0.6) is 0 Å². The van der Waals surface area contributed by atoms with Crippen molar-refractivity contribution < 1.29 is 4.58 Å². The summed E-state index contributed by atoms with van der Waals surface area (Å²) >= 11 is 0. The van der Waals surface area contributed by atoms with Crippen LogP contribution in [0.4, 0.5) is 28.4 Å². The Morgan fingerprint density at radius 1 is 0.618 bits per heavy atom. The number of nitrogens with zero attached hydrogens (tertiary/aromatic N) is 4. The third kappa shape index (κ3) is 2.30. The van der Waals surface area contributed by atoms with E-state index in [2.05, 4.69) is 149 Å². The molecule has 4 aromatic carbocycles. The molecule has 1 spiro atoms. The minimum atomic E-state index is -0.374. The Morgan fingerprint density at radius 2 is 1.15 bits per heavy atom. The average Bonchev–Trinajstić information content (AvgIpc) is 3.36. The van der Waals surface area contributed by atoms with Crippen LogP contribution in [0, 0.1) is 0 Å². The lowest BCUT2D eigenvalue weighted by Gasteiger charge is -2.49. The van der Waals surface area contributed by atoms with E-state index < -0.39 is 0 Å². The lowest BCUT2D eigenvalue weighted by molar-refractivity contribution is -0.664. The summed E-state index contributed by atoms with van der Waals surface area (Å²) in [5.41, 5.74) is 7.16. The first-order valence-corrected chi connectivity index (χ1v) is 12.0. The van der Waals surface area contributed by atoms with Gasteiger partial charge in [0.05, 0.1) is 28.7 Å². The maximum absolute atomic E-state index is 2.55. The molecule has 34 heavy (non-hydrogen) atoms. The molecule has 0 aliphatic carbocycles. The molecule has 166 valence electrons. The van der Waals surface area contributed by atoms with Gasteiger partial charge < -0.3 is 9.80 Å². The van der Waals surface area contributed by atoms with Crippen molar-refractivity contribution in [3.05, 3.63) is 115 Å². The molecule has 4 aromatic rings. The predicted octanol–water partition coefficient (Wildman–Crippen LogP) is 6.44. The average molecular weight is 444 g/mol. The maximum Gasteiger partial charge on any atom is 0.317 e. The first-order chi connectivity index (χ1) is 16.7. The predicted molar refractivity (Wildman–Crippen MR) is 139 cm³/mol. The van der Waals surface area contributed by atoms with Crippen molar-refractivity contribution in [3.8, 4) is 0 Å². The number of rotatable bonds is 3. The van der Waals surface area contributed by atoms with Crippen molar-refractivity contribution in [3.63, 3.8) is 0 Å². The Kier molecular flexibility index (Phi) is 3.98. The van der Waals surface area contributed by atoms with Crippen molar-refractivity contribution in [1.82, 2.24) is 0 Å². The summed E-state index contributed by atoms with van der Waals surface area (Å²) in [7, 11) is 0. The van der Waals surface area contributed by atoms with Crippen molar-refractivity contribution in [1.29, 1.82) is 0 Å². The Labute approximate surface area is 200 Å². The molecule has 2 unspecified atom stereocenters. The van der Waals surface area contributed by atoms with Crippen LogP contribution >= 0.6 is 0 Å². The van der Waals surface area contributed by atoms with Gasteiger partial charge in [0.2, 0.25) is 12.5 Å². The van der Waals surface area contributed by atoms with Crippen molar-refractivity contribution in [2.75, 3.05) is 14.7 Å². The molecular formula is C30H27N4+. The third-order valence-electron chi connectivity index (χ3n) is 7.44. The van der Waals surface area contributed by atoms with E-state index in [-0.39, 0.29) is 11.8 Å². The van der Waals surface area contributed by atoms with Crippen LogP contribution in [0.2, 0.25) is 0 Å². The van der Waals surface area contributed by atoms with Crippen molar-refractivity contribution >= 4 is 34.8 Å². The highest BCUT2D eigenvalue weighted by molar-refractivity contribution is 5.96. The zero-order chi connectivity index (χ0) is 22.9. The Morgan fingerprint density at radius 3 is 1.79 bits per heavy atom. The quantitative estimate of drug-likeness (QED) is 0.338. The molecule has 2 atom stereocenters. The standard InChI is InChI=1S/C30H27N4/c1-22(2)31-21-32(23-13-5-3-6-14-23)30(31)25-17-9-10-18-26(25)34-28-20-12-11-19-27(28)33(29(30)34)24-15-7-4-8-16-24/h3-22,29H,1-2H3/q+1. The number of anilines is 5. The highest BCUT2D eigenvalue weighted by Crippen LogP contribution is 2.62. The summed E-state index contributed by atoms with van der Waals surface area (Å²) in [5.74, 6) is 0. The van der Waals surface area contributed by atoms with E-state index in [9.17, 15) is 0 Å². The highest BCUT2D eigenvalue weighted by atomic mass is 15.6. The molecule has 0 saturated carbocycles. The normalized spacial score (nSPS) is 21.9. The van der Waals surface area contributed by atoms with Crippen LogP contribution < -0.4 is 14.7 Å². The number of para-hydroxylation sites is 5. The van der Waals surface area contributed by atoms with Crippen LogP contribution in [0.3, 0.4) is 0 Å². The van der Waals surface area contributed by atoms with E-state index in [1.54, 1.807) is 0 Å². The van der Waals surface area contributed by atoms with Gasteiger partial charge in [-0.25, -0.2) is 4.58 Å². The summed E-state index contributed by atoms with van der Waals surface area (Å²) in [5, 5.41) is 0. The van der Waals surface area contributed by atoms with E-state index >= 15 is 0 Å². The molecule has 0 N–H and O–H groups in total. The fraction of sp³-hybridized carbons (Fsp3) is 0.167. The van der Waals surface area contributed by atoms with E-state index in [4.69, 9.17) is 0 Å². The van der Waals surface area contributed by atoms with Gasteiger partial charge in [-0.2, -0.15) is 4.90 Å². The molecule has 3 heterocycles. The number of benzene rings is 4. The minimum absolute atomic E-state index is 0.0392. The molecule has 7 rings (SSSR count). The number of fused-ring (bicyclic) bond motifs is 7. The van der Waals surface area contributed by atoms with E-state index in [0.717, 1.165) is 0 Å². The van der Waals surface area contributed by atoms with Crippen molar-refractivity contribution in [2.24, 2.45) is 0 Å². The van der Waals surface area contributed by atoms with Gasteiger partial charge in [-0.3, -0.25) is 0 Å². The molecule has 4 heteroatoms. The van der Waals surface area contributed by atoms with Crippen LogP contribution in [0.1, 0.15) is 19.4 Å². The topological polar surface area (TPSA) is 12.7 Å². The fourth-order valence-electron chi connectivity index (χ4n) is 6.15. The summed E-state index contributed by atoms with van der Waals surface area (Å²) in [4.78, 5) is 7.57. The molecule has 4 nitrogen and oxygen atoms in total. The SMILES string of the molecule is CC(C)[N+]1=CN(c2ccccc2)C12c1ccccc1N1c3ccccc3N(c3ccccc3)C12. The molecule has 3 aliphatic heterocycles. The molecule has 0 bridgehead atoms. The highest BCUT2D eigenvalue weighted by Gasteiger charge is 2.73. The molecule has 3 aliphatic rings. The largest absolute Gasteiger partial charge is 0.317 e.